The molecule has 5 aromatic rings. The van der Waals surface area contributed by atoms with E-state index in [0.717, 1.165) is 68.7 Å². The highest BCUT2D eigenvalue weighted by Gasteiger charge is 2.23. The van der Waals surface area contributed by atoms with Crippen molar-refractivity contribution in [2.75, 3.05) is 11.9 Å². The van der Waals surface area contributed by atoms with E-state index < -0.39 is 0 Å². The Labute approximate surface area is 291 Å². The monoisotopic (exact) mass is 673 g/mol. The number of halogens is 1. The molecular weight excluding hydrogens is 634 g/mol. The third-order valence-electron chi connectivity index (χ3n) is 9.60. The zero-order valence-corrected chi connectivity index (χ0v) is 29.4. The fourth-order valence-corrected chi connectivity index (χ4v) is 7.18. The molecular formula is C41H40ClN3O4. The Morgan fingerprint density at radius 2 is 1.10 bits per heavy atom. The van der Waals surface area contributed by atoms with Gasteiger partial charge in [0.1, 0.15) is 11.6 Å². The normalized spacial score (nSPS) is 13.7. The maximum absolute atomic E-state index is 12.2. The summed E-state index contributed by atoms with van der Waals surface area (Å²) >= 11 is 6.35. The predicted molar refractivity (Wildman–Crippen MR) is 197 cm³/mol. The van der Waals surface area contributed by atoms with Gasteiger partial charge in [-0.2, -0.15) is 0 Å². The summed E-state index contributed by atoms with van der Waals surface area (Å²) in [5, 5.41) is 0.641. The first kappa shape index (κ1) is 33.9. The Morgan fingerprint density at radius 1 is 0.612 bits per heavy atom. The number of nitrogens with zero attached hydrogens (tertiary/aromatic N) is 3. The fraction of sp³-hybridized carbons (Fsp3) is 0.268. The topological polar surface area (TPSA) is 81.4 Å². The fourth-order valence-electron chi connectivity index (χ4n) is 6.87. The minimum Gasteiger partial charge on any atom is -0.344 e. The second kappa shape index (κ2) is 13.8. The van der Waals surface area contributed by atoms with Gasteiger partial charge in [0.15, 0.2) is 0 Å². The van der Waals surface area contributed by atoms with Crippen LogP contribution in [0.25, 0.3) is 22.3 Å². The number of fused-ring (bicyclic) bond motifs is 2. The van der Waals surface area contributed by atoms with Gasteiger partial charge in [0.25, 0.3) is 11.1 Å². The minimum atomic E-state index is 0.00778. The highest BCUT2D eigenvalue weighted by molar-refractivity contribution is 6.32. The lowest BCUT2D eigenvalue weighted by molar-refractivity contribution is -0.119. The number of hydrogen-bond acceptors (Lipinski definition) is 5. The lowest BCUT2D eigenvalue weighted by atomic mass is 9.86. The molecule has 2 aliphatic rings. The maximum Gasteiger partial charge on any atom is 0.253 e. The van der Waals surface area contributed by atoms with Gasteiger partial charge in [0.05, 0.1) is 0 Å². The average Bonchev–Trinajstić information content (AvgIpc) is 3.09. The molecule has 0 radical (unpaired) electrons. The van der Waals surface area contributed by atoms with Crippen molar-refractivity contribution >= 4 is 34.5 Å². The number of hydrogen-bond donors (Lipinski definition) is 0. The van der Waals surface area contributed by atoms with Gasteiger partial charge in [0.2, 0.25) is 0 Å². The van der Waals surface area contributed by atoms with Crippen LogP contribution in [0.3, 0.4) is 0 Å². The number of carbonyl (C=O) groups is 2. The van der Waals surface area contributed by atoms with E-state index in [4.69, 9.17) is 11.6 Å². The number of para-hydroxylation sites is 1. The van der Waals surface area contributed by atoms with Gasteiger partial charge < -0.3 is 14.0 Å². The second-order valence-electron chi connectivity index (χ2n) is 13.2. The molecule has 8 heteroatoms. The van der Waals surface area contributed by atoms with Crippen LogP contribution in [-0.2, 0) is 49.4 Å². The van der Waals surface area contributed by atoms with E-state index in [2.05, 4.69) is 35.2 Å². The number of aryl methyl sites for hydroxylation is 6. The average molecular weight is 674 g/mol. The van der Waals surface area contributed by atoms with Crippen LogP contribution in [0.5, 0.6) is 0 Å². The van der Waals surface area contributed by atoms with Gasteiger partial charge in [-0.1, -0.05) is 41.9 Å². The summed E-state index contributed by atoms with van der Waals surface area (Å²) < 4.78 is 3.22. The van der Waals surface area contributed by atoms with Crippen molar-refractivity contribution in [2.45, 2.75) is 52.4 Å². The molecule has 3 aromatic carbocycles. The number of carbonyl (C=O) groups excluding carboxylic acids is 2. The number of benzene rings is 3. The van der Waals surface area contributed by atoms with Crippen LogP contribution in [0.1, 0.15) is 46.2 Å². The molecule has 0 bridgehead atoms. The zero-order chi connectivity index (χ0) is 35.0. The van der Waals surface area contributed by atoms with Gasteiger partial charge >= 0.3 is 0 Å². The van der Waals surface area contributed by atoms with Crippen LogP contribution in [-0.4, -0.2) is 27.7 Å². The van der Waals surface area contributed by atoms with Crippen molar-refractivity contribution < 1.29 is 9.59 Å². The van der Waals surface area contributed by atoms with Crippen LogP contribution in [0.2, 0.25) is 5.02 Å². The molecule has 0 saturated carbocycles. The van der Waals surface area contributed by atoms with Crippen LogP contribution in [0, 0.1) is 13.8 Å². The Bertz CT molecular complexity index is 2180. The molecule has 0 saturated heterocycles. The van der Waals surface area contributed by atoms with E-state index in [-0.39, 0.29) is 16.9 Å². The SMILES string of the molecule is Cc1cc(-c2cc(Cl)c3c(c2)CCC(=O)C3)cn(C)c1=O.Cc1cc(-c2cc3c(c(N(C)c4ccccc4)c2)CC(=O)CC3)cn(C)c1=O. The van der Waals surface area contributed by atoms with Crippen molar-refractivity contribution in [3.05, 3.63) is 138 Å². The van der Waals surface area contributed by atoms with Crippen molar-refractivity contribution in [2.24, 2.45) is 14.1 Å². The largest absolute Gasteiger partial charge is 0.344 e. The van der Waals surface area contributed by atoms with Gasteiger partial charge in [-0.05, 0) is 108 Å². The summed E-state index contributed by atoms with van der Waals surface area (Å²) in [6.45, 7) is 3.66. The summed E-state index contributed by atoms with van der Waals surface area (Å²) in [4.78, 5) is 49.8. The molecule has 0 amide bonds. The molecule has 0 fully saturated rings. The van der Waals surface area contributed by atoms with E-state index in [1.807, 2.05) is 69.7 Å². The minimum absolute atomic E-state index is 0.00778. The standard InChI is InChI=1S/C24H24N2O2.C17H16ClNO2/c1-16-11-19(15-25(2)24(16)28)18-12-17-9-10-21(27)14-22(17)23(13-18)26(3)20-7-5-4-6-8-20;1-10-5-13(9-19(2)17(10)21)12-6-11-3-4-14(20)8-15(11)16(18)7-12/h4-8,11-13,15H,9-10,14H2,1-3H3;5-7,9H,3-4,8H2,1-2H3. The van der Waals surface area contributed by atoms with Crippen molar-refractivity contribution in [1.82, 2.24) is 9.13 Å². The number of aromatic nitrogens is 2. The smallest absolute Gasteiger partial charge is 0.253 e. The number of rotatable bonds is 4. The van der Waals surface area contributed by atoms with Gasteiger partial charge in [-0.15, -0.1) is 0 Å². The third-order valence-corrected chi connectivity index (χ3v) is 9.93. The van der Waals surface area contributed by atoms with E-state index >= 15 is 0 Å². The highest BCUT2D eigenvalue weighted by atomic mass is 35.5. The van der Waals surface area contributed by atoms with Crippen LogP contribution in [0.4, 0.5) is 11.4 Å². The summed E-state index contributed by atoms with van der Waals surface area (Å²) in [7, 11) is 5.57. The molecule has 2 aromatic heterocycles. The molecule has 0 spiro atoms. The van der Waals surface area contributed by atoms with E-state index in [0.29, 0.717) is 42.1 Å². The Hall–Kier alpha value is -5.01. The summed E-state index contributed by atoms with van der Waals surface area (Å²) in [5.41, 5.74) is 12.1. The number of Topliss-reactive ketones (excluding diaryl/α,β-unsaturated/α-hetero) is 2. The molecule has 7 nitrogen and oxygen atoms in total. The molecule has 2 aliphatic carbocycles. The number of ketones is 2. The molecule has 0 N–H and O–H groups in total. The molecule has 2 heterocycles. The first-order chi connectivity index (χ1) is 23.4. The van der Waals surface area contributed by atoms with Crippen molar-refractivity contribution in [3.63, 3.8) is 0 Å². The zero-order valence-electron chi connectivity index (χ0n) is 28.6. The van der Waals surface area contributed by atoms with Crippen molar-refractivity contribution in [1.29, 1.82) is 0 Å². The van der Waals surface area contributed by atoms with Gasteiger partial charge in [-0.25, -0.2) is 0 Å². The summed E-state index contributed by atoms with van der Waals surface area (Å²) in [6.07, 6.45) is 7.30. The third kappa shape index (κ3) is 7.08. The maximum atomic E-state index is 12.2. The first-order valence-corrected chi connectivity index (χ1v) is 16.9. The molecule has 7 rings (SSSR count). The Morgan fingerprint density at radius 3 is 1.63 bits per heavy atom. The van der Waals surface area contributed by atoms with Crippen LogP contribution in [0.15, 0.2) is 88.7 Å². The van der Waals surface area contributed by atoms with E-state index in [9.17, 15) is 19.2 Å². The molecule has 250 valence electrons. The predicted octanol–water partition coefficient (Wildman–Crippen LogP) is 7.26. The van der Waals surface area contributed by atoms with Crippen molar-refractivity contribution in [3.8, 4) is 22.3 Å². The highest BCUT2D eigenvalue weighted by Crippen LogP contribution is 2.37. The number of anilines is 2. The molecule has 49 heavy (non-hydrogen) atoms. The summed E-state index contributed by atoms with van der Waals surface area (Å²) in [5.74, 6) is 0.538. The van der Waals surface area contributed by atoms with E-state index in [1.165, 1.54) is 5.56 Å². The molecule has 0 atom stereocenters. The Balaban J connectivity index is 0.000000177. The second-order valence-corrected chi connectivity index (χ2v) is 13.6. The number of pyridine rings is 2. The van der Waals surface area contributed by atoms with Crippen LogP contribution >= 0.6 is 11.6 Å². The van der Waals surface area contributed by atoms with Gasteiger partial charge in [0, 0.05) is 86.7 Å². The molecule has 0 aliphatic heterocycles. The quantitative estimate of drug-likeness (QED) is 0.201. The lowest BCUT2D eigenvalue weighted by Gasteiger charge is -2.27. The summed E-state index contributed by atoms with van der Waals surface area (Å²) in [6, 6.07) is 22.3. The van der Waals surface area contributed by atoms with Crippen LogP contribution < -0.4 is 16.0 Å². The van der Waals surface area contributed by atoms with E-state index in [1.54, 1.807) is 23.2 Å². The Kier molecular flexibility index (Phi) is 9.57. The molecule has 0 unspecified atom stereocenters. The van der Waals surface area contributed by atoms with Gasteiger partial charge in [-0.3, -0.25) is 19.2 Å². The lowest BCUT2D eigenvalue weighted by Crippen LogP contribution is -2.20. The first-order valence-electron chi connectivity index (χ1n) is 16.5.